The first-order chi connectivity index (χ1) is 9.85. The Bertz CT molecular complexity index is 585. The summed E-state index contributed by atoms with van der Waals surface area (Å²) in [4.78, 5) is 12.4. The number of carbonyl (C=O) groups excluding carboxylic acids is 1. The molecule has 1 aliphatic heterocycles. The van der Waals surface area contributed by atoms with E-state index < -0.39 is 23.7 Å². The molecule has 1 saturated carbocycles. The summed E-state index contributed by atoms with van der Waals surface area (Å²) < 4.78 is 40.4. The highest BCUT2D eigenvalue weighted by Gasteiger charge is 2.68. The molecule has 1 aliphatic carbocycles. The molecule has 0 bridgehead atoms. The molecule has 114 valence electrons. The van der Waals surface area contributed by atoms with Crippen molar-refractivity contribution in [3.05, 3.63) is 22.4 Å². The zero-order valence-electron chi connectivity index (χ0n) is 10.9. The van der Waals surface area contributed by atoms with Crippen molar-refractivity contribution in [3.63, 3.8) is 0 Å². The third-order valence-electron chi connectivity index (χ3n) is 3.96. The molecule has 4 nitrogen and oxygen atoms in total. The van der Waals surface area contributed by atoms with E-state index in [0.717, 1.165) is 17.8 Å². The fourth-order valence-corrected chi connectivity index (χ4v) is 3.57. The van der Waals surface area contributed by atoms with Crippen molar-refractivity contribution >= 4 is 23.0 Å². The van der Waals surface area contributed by atoms with Crippen molar-refractivity contribution in [1.82, 2.24) is 5.01 Å². The lowest BCUT2D eigenvalue weighted by Crippen LogP contribution is -2.61. The van der Waals surface area contributed by atoms with Crippen molar-refractivity contribution in [2.24, 2.45) is 11.0 Å². The van der Waals surface area contributed by atoms with Crippen molar-refractivity contribution < 1.29 is 23.1 Å². The number of hydrogen-bond donors (Lipinski definition) is 1. The number of nitrogens with zero attached hydrogens (tertiary/aromatic N) is 2. The molecule has 8 heteroatoms. The Hall–Kier alpha value is -1.41. The van der Waals surface area contributed by atoms with Crippen LogP contribution in [-0.4, -0.2) is 33.6 Å². The Morgan fingerprint density at radius 1 is 1.48 bits per heavy atom. The van der Waals surface area contributed by atoms with Crippen LogP contribution in [0, 0.1) is 5.92 Å². The SMILES string of the molecule is O=C(c1cccs1)N1N=C2CCCCC2C1(O)C(F)(F)F. The first-order valence-corrected chi connectivity index (χ1v) is 7.48. The van der Waals surface area contributed by atoms with Crippen LogP contribution >= 0.6 is 11.3 Å². The second-order valence-electron chi connectivity index (χ2n) is 5.21. The molecule has 21 heavy (non-hydrogen) atoms. The van der Waals surface area contributed by atoms with E-state index in [2.05, 4.69) is 5.10 Å². The number of hydrogen-bond acceptors (Lipinski definition) is 4. The molecule has 0 radical (unpaired) electrons. The molecule has 1 fully saturated rings. The molecule has 1 aromatic heterocycles. The average Bonchev–Trinajstić information content (AvgIpc) is 3.05. The number of aliphatic hydroxyl groups is 1. The minimum absolute atomic E-state index is 0.126. The maximum Gasteiger partial charge on any atom is 0.439 e. The fraction of sp³-hybridized carbons (Fsp3) is 0.538. The van der Waals surface area contributed by atoms with Gasteiger partial charge in [0.25, 0.3) is 11.6 Å². The minimum atomic E-state index is -4.95. The number of carbonyl (C=O) groups is 1. The van der Waals surface area contributed by atoms with E-state index in [4.69, 9.17) is 0 Å². The van der Waals surface area contributed by atoms with E-state index in [1.54, 1.807) is 11.4 Å². The zero-order chi connectivity index (χ0) is 15.3. The van der Waals surface area contributed by atoms with E-state index in [-0.39, 0.29) is 22.0 Å². The fourth-order valence-electron chi connectivity index (χ4n) is 2.92. The Labute approximate surface area is 122 Å². The number of amides is 1. The summed E-state index contributed by atoms with van der Waals surface area (Å²) >= 11 is 1.02. The summed E-state index contributed by atoms with van der Waals surface area (Å²) in [7, 11) is 0. The molecule has 0 spiro atoms. The minimum Gasteiger partial charge on any atom is -0.362 e. The highest BCUT2D eigenvalue weighted by Crippen LogP contribution is 2.48. The maximum atomic E-state index is 13.5. The zero-order valence-corrected chi connectivity index (χ0v) is 11.7. The molecule has 2 aliphatic rings. The smallest absolute Gasteiger partial charge is 0.362 e. The lowest BCUT2D eigenvalue weighted by Gasteiger charge is -2.38. The Kier molecular flexibility index (Phi) is 3.32. The van der Waals surface area contributed by atoms with Crippen molar-refractivity contribution in [2.45, 2.75) is 37.6 Å². The quantitative estimate of drug-likeness (QED) is 0.865. The van der Waals surface area contributed by atoms with Crippen LogP contribution in [0.15, 0.2) is 22.6 Å². The molecule has 1 N–H and O–H groups in total. The van der Waals surface area contributed by atoms with Crippen LogP contribution in [0.3, 0.4) is 0 Å². The highest BCUT2D eigenvalue weighted by molar-refractivity contribution is 7.12. The van der Waals surface area contributed by atoms with Gasteiger partial charge in [-0.15, -0.1) is 11.3 Å². The van der Waals surface area contributed by atoms with Gasteiger partial charge >= 0.3 is 6.18 Å². The van der Waals surface area contributed by atoms with E-state index in [0.29, 0.717) is 12.8 Å². The van der Waals surface area contributed by atoms with Gasteiger partial charge in [-0.3, -0.25) is 4.79 Å². The van der Waals surface area contributed by atoms with Gasteiger partial charge in [0.2, 0.25) is 0 Å². The molecule has 3 rings (SSSR count). The number of rotatable bonds is 1. The number of alkyl halides is 3. The summed E-state index contributed by atoms with van der Waals surface area (Å²) in [5, 5.41) is 16.0. The lowest BCUT2D eigenvalue weighted by atomic mass is 9.80. The molecule has 2 atom stereocenters. The monoisotopic (exact) mass is 318 g/mol. The largest absolute Gasteiger partial charge is 0.439 e. The van der Waals surface area contributed by atoms with Gasteiger partial charge in [-0.25, -0.2) is 0 Å². The Morgan fingerprint density at radius 3 is 2.86 bits per heavy atom. The topological polar surface area (TPSA) is 52.9 Å². The van der Waals surface area contributed by atoms with Crippen LogP contribution in [0.5, 0.6) is 0 Å². The van der Waals surface area contributed by atoms with Crippen LogP contribution in [0.2, 0.25) is 0 Å². The van der Waals surface area contributed by atoms with E-state index in [9.17, 15) is 23.1 Å². The standard InChI is InChI=1S/C13H13F3N2O2S/c14-13(15,16)12(20)8-4-1-2-5-9(8)17-18(12)11(19)10-6-3-7-21-10/h3,6-8,20H,1-2,4-5H2. The third kappa shape index (κ3) is 2.08. The summed E-state index contributed by atoms with van der Waals surface area (Å²) in [5.41, 5.74) is -2.96. The first kappa shape index (κ1) is 14.5. The van der Waals surface area contributed by atoms with Gasteiger partial charge in [0.05, 0.1) is 10.8 Å². The lowest BCUT2D eigenvalue weighted by molar-refractivity contribution is -0.312. The summed E-state index contributed by atoms with van der Waals surface area (Å²) in [6.45, 7) is 0. The molecule has 0 aromatic carbocycles. The number of hydrazone groups is 1. The van der Waals surface area contributed by atoms with E-state index in [1.165, 1.54) is 6.07 Å². The van der Waals surface area contributed by atoms with E-state index in [1.807, 2.05) is 0 Å². The van der Waals surface area contributed by atoms with Gasteiger partial charge in [-0.2, -0.15) is 23.3 Å². The second kappa shape index (κ2) is 4.81. The van der Waals surface area contributed by atoms with E-state index >= 15 is 0 Å². The Morgan fingerprint density at radius 2 is 2.24 bits per heavy atom. The van der Waals surface area contributed by atoms with Crippen molar-refractivity contribution in [3.8, 4) is 0 Å². The number of thiophene rings is 1. The predicted octanol–water partition coefficient (Wildman–Crippen LogP) is 3.00. The van der Waals surface area contributed by atoms with Gasteiger partial charge in [0, 0.05) is 5.71 Å². The van der Waals surface area contributed by atoms with Crippen molar-refractivity contribution in [2.75, 3.05) is 0 Å². The van der Waals surface area contributed by atoms with Gasteiger partial charge in [0.1, 0.15) is 0 Å². The van der Waals surface area contributed by atoms with Crippen molar-refractivity contribution in [1.29, 1.82) is 0 Å². The van der Waals surface area contributed by atoms with Crippen LogP contribution < -0.4 is 0 Å². The number of fused-ring (bicyclic) bond motifs is 1. The summed E-state index contributed by atoms with van der Waals surface area (Å²) in [6, 6.07) is 2.99. The average molecular weight is 318 g/mol. The highest BCUT2D eigenvalue weighted by atomic mass is 32.1. The predicted molar refractivity (Wildman–Crippen MR) is 70.9 cm³/mol. The van der Waals surface area contributed by atoms with Crippen LogP contribution in [0.4, 0.5) is 13.2 Å². The van der Waals surface area contributed by atoms with Crippen LogP contribution in [-0.2, 0) is 0 Å². The normalized spacial score (nSPS) is 29.2. The third-order valence-corrected chi connectivity index (χ3v) is 4.81. The van der Waals surface area contributed by atoms with Crippen LogP contribution in [0.25, 0.3) is 0 Å². The molecule has 2 unspecified atom stereocenters. The molecular formula is C13H13F3N2O2S. The number of halogens is 3. The molecule has 2 heterocycles. The first-order valence-electron chi connectivity index (χ1n) is 6.60. The summed E-state index contributed by atoms with van der Waals surface area (Å²) in [6.07, 6.45) is -3.07. The van der Waals surface area contributed by atoms with Crippen LogP contribution in [0.1, 0.15) is 35.4 Å². The molecule has 1 amide bonds. The Balaban J connectivity index is 2.04. The van der Waals surface area contributed by atoms with Gasteiger partial charge < -0.3 is 5.11 Å². The second-order valence-corrected chi connectivity index (χ2v) is 6.16. The maximum absolute atomic E-state index is 13.5. The van der Waals surface area contributed by atoms with Gasteiger partial charge in [0.15, 0.2) is 0 Å². The molecule has 1 aromatic rings. The summed E-state index contributed by atoms with van der Waals surface area (Å²) in [5.74, 6) is -2.07. The molecule has 0 saturated heterocycles. The van der Waals surface area contributed by atoms with Gasteiger partial charge in [-0.1, -0.05) is 12.5 Å². The molecular weight excluding hydrogens is 305 g/mol. The van der Waals surface area contributed by atoms with Gasteiger partial charge in [-0.05, 0) is 30.7 Å².